The van der Waals surface area contributed by atoms with Crippen LogP contribution in [0.1, 0.15) is 22.5 Å². The van der Waals surface area contributed by atoms with Crippen molar-refractivity contribution in [1.82, 2.24) is 5.32 Å². The number of furan rings is 1. The molecule has 0 spiro atoms. The van der Waals surface area contributed by atoms with E-state index in [2.05, 4.69) is 28.5 Å². The molecule has 146 valence electrons. The molecule has 0 bridgehead atoms. The molecule has 0 saturated carbocycles. The van der Waals surface area contributed by atoms with Gasteiger partial charge in [-0.1, -0.05) is 71.4 Å². The van der Waals surface area contributed by atoms with Gasteiger partial charge in [-0.05, 0) is 38.0 Å². The maximum atomic E-state index is 12.2. The summed E-state index contributed by atoms with van der Waals surface area (Å²) < 4.78 is 5.79. The summed E-state index contributed by atoms with van der Waals surface area (Å²) in [7, 11) is 0. The average Bonchev–Trinajstić information content (AvgIpc) is 3.30. The van der Waals surface area contributed by atoms with Crippen LogP contribution in [0.15, 0.2) is 75.3 Å². The molecule has 1 amide bonds. The number of nitrogens with one attached hydrogen (secondary N) is 1. The van der Waals surface area contributed by atoms with Gasteiger partial charge in [0.25, 0.3) is 0 Å². The number of benzene rings is 2. The molecule has 2 heterocycles. The van der Waals surface area contributed by atoms with E-state index in [0.717, 1.165) is 16.9 Å². The lowest BCUT2D eigenvalue weighted by Gasteiger charge is -2.05. The Kier molecular flexibility index (Phi) is 5.62. The Bertz CT molecular complexity index is 1080. The number of carbonyl (C=O) groups is 1. The van der Waals surface area contributed by atoms with Gasteiger partial charge in [0.1, 0.15) is 11.5 Å². The van der Waals surface area contributed by atoms with Crippen molar-refractivity contribution < 1.29 is 9.21 Å². The number of aryl methyl sites for hydroxylation is 2. The zero-order chi connectivity index (χ0) is 20.2. The van der Waals surface area contributed by atoms with Gasteiger partial charge in [-0.3, -0.25) is 4.79 Å². The third-order valence-electron chi connectivity index (χ3n) is 4.58. The maximum Gasteiger partial charge on any atom is 0.239 e. The number of carbonyl (C=O) groups excluding carboxylic acids is 1. The summed E-state index contributed by atoms with van der Waals surface area (Å²) in [5.41, 5.74) is 4.54. The lowest BCUT2D eigenvalue weighted by Crippen LogP contribution is -2.25. The number of thioether (sulfide) groups is 1. The van der Waals surface area contributed by atoms with E-state index in [1.165, 1.54) is 22.9 Å². The van der Waals surface area contributed by atoms with Crippen LogP contribution in [-0.4, -0.2) is 22.5 Å². The molecule has 3 aromatic rings. The molecule has 1 aliphatic rings. The molecule has 6 heteroatoms. The molecule has 1 saturated heterocycles. The first-order chi connectivity index (χ1) is 14.1. The van der Waals surface area contributed by atoms with E-state index in [-0.39, 0.29) is 11.2 Å². The third kappa shape index (κ3) is 4.84. The topological polar surface area (TPSA) is 67.0 Å². The summed E-state index contributed by atoms with van der Waals surface area (Å²) in [5, 5.41) is 11.3. The molecule has 1 aliphatic heterocycles. The predicted octanol–water partition coefficient (Wildman–Crippen LogP) is 4.73. The molecule has 0 radical (unpaired) electrons. The molecule has 1 fully saturated rings. The van der Waals surface area contributed by atoms with E-state index in [1.807, 2.05) is 61.5 Å². The van der Waals surface area contributed by atoms with Crippen molar-refractivity contribution in [2.75, 3.05) is 0 Å². The molecule has 1 N–H and O–H groups in total. The number of hydrogen-bond acceptors (Lipinski definition) is 5. The second kappa shape index (κ2) is 8.49. The van der Waals surface area contributed by atoms with Crippen LogP contribution < -0.4 is 5.32 Å². The van der Waals surface area contributed by atoms with Crippen molar-refractivity contribution in [3.8, 4) is 11.3 Å². The Balaban J connectivity index is 1.38. The standard InChI is InChI=1S/C23H21N3O2S/c1-15-6-8-18(9-7-15)20-11-10-19(28-20)14-24-26-23-25-22(27)21(29-23)13-17-5-3-4-16(2)12-17/h3-12,14,21H,13H2,1-2H3,(H,25,26,27)/b24-14-/t21-/m0/s1. The van der Waals surface area contributed by atoms with E-state index < -0.39 is 0 Å². The lowest BCUT2D eigenvalue weighted by atomic mass is 10.1. The van der Waals surface area contributed by atoms with Crippen LogP contribution in [0.2, 0.25) is 0 Å². The van der Waals surface area contributed by atoms with E-state index in [1.54, 1.807) is 6.21 Å². The fourth-order valence-corrected chi connectivity index (χ4v) is 4.04. The molecule has 1 aromatic heterocycles. The molecule has 0 aliphatic carbocycles. The van der Waals surface area contributed by atoms with Crippen LogP contribution in [0.4, 0.5) is 0 Å². The van der Waals surface area contributed by atoms with E-state index in [9.17, 15) is 4.79 Å². The summed E-state index contributed by atoms with van der Waals surface area (Å²) >= 11 is 1.40. The van der Waals surface area contributed by atoms with E-state index in [4.69, 9.17) is 4.42 Å². The van der Waals surface area contributed by atoms with E-state index in [0.29, 0.717) is 17.3 Å². The van der Waals surface area contributed by atoms with Gasteiger partial charge in [-0.25, -0.2) is 0 Å². The molecule has 5 nitrogen and oxygen atoms in total. The fourth-order valence-electron chi connectivity index (χ4n) is 3.07. The van der Waals surface area contributed by atoms with Gasteiger partial charge in [-0.2, -0.15) is 5.10 Å². The van der Waals surface area contributed by atoms with Gasteiger partial charge in [0.15, 0.2) is 5.17 Å². The number of rotatable bonds is 5. The van der Waals surface area contributed by atoms with Crippen molar-refractivity contribution >= 4 is 29.1 Å². The molecule has 29 heavy (non-hydrogen) atoms. The number of amides is 1. The van der Waals surface area contributed by atoms with Crippen molar-refractivity contribution in [2.45, 2.75) is 25.5 Å². The summed E-state index contributed by atoms with van der Waals surface area (Å²) in [5.74, 6) is 1.35. The third-order valence-corrected chi connectivity index (χ3v) is 5.65. The predicted molar refractivity (Wildman–Crippen MR) is 118 cm³/mol. The summed E-state index contributed by atoms with van der Waals surface area (Å²) in [6, 6.07) is 20.1. The molecular weight excluding hydrogens is 382 g/mol. The number of nitrogens with zero attached hydrogens (tertiary/aromatic N) is 2. The highest BCUT2D eigenvalue weighted by atomic mass is 32.2. The Morgan fingerprint density at radius 2 is 1.90 bits per heavy atom. The highest BCUT2D eigenvalue weighted by molar-refractivity contribution is 8.15. The monoisotopic (exact) mass is 403 g/mol. The first-order valence-electron chi connectivity index (χ1n) is 9.38. The van der Waals surface area contributed by atoms with Gasteiger partial charge in [0.2, 0.25) is 5.91 Å². The normalized spacial score (nSPS) is 17.9. The van der Waals surface area contributed by atoms with Crippen molar-refractivity contribution in [1.29, 1.82) is 0 Å². The fraction of sp³-hybridized carbons (Fsp3) is 0.174. The SMILES string of the molecule is Cc1ccc(-c2ccc(/C=N\N=C3\NC(=O)[C@H](Cc4cccc(C)c4)S3)o2)cc1. The van der Waals surface area contributed by atoms with Crippen molar-refractivity contribution in [3.05, 3.63) is 83.1 Å². The second-order valence-electron chi connectivity index (χ2n) is 7.01. The van der Waals surface area contributed by atoms with Crippen LogP contribution in [0.25, 0.3) is 11.3 Å². The average molecular weight is 404 g/mol. The highest BCUT2D eigenvalue weighted by Crippen LogP contribution is 2.24. The number of amidine groups is 1. The maximum absolute atomic E-state index is 12.2. The first kappa shape index (κ1) is 19.2. The Morgan fingerprint density at radius 3 is 2.69 bits per heavy atom. The van der Waals surface area contributed by atoms with Crippen molar-refractivity contribution in [3.63, 3.8) is 0 Å². The van der Waals surface area contributed by atoms with Gasteiger partial charge < -0.3 is 9.73 Å². The van der Waals surface area contributed by atoms with Gasteiger partial charge in [0.05, 0.1) is 11.5 Å². The summed E-state index contributed by atoms with van der Waals surface area (Å²) in [6.07, 6.45) is 2.21. The largest absolute Gasteiger partial charge is 0.455 e. The minimum absolute atomic E-state index is 0.0369. The van der Waals surface area contributed by atoms with Crippen LogP contribution in [0, 0.1) is 13.8 Å². The second-order valence-corrected chi connectivity index (χ2v) is 8.20. The zero-order valence-corrected chi connectivity index (χ0v) is 17.1. The Hall–Kier alpha value is -3.12. The van der Waals surface area contributed by atoms with Gasteiger partial charge >= 0.3 is 0 Å². The van der Waals surface area contributed by atoms with Gasteiger partial charge in [0, 0.05) is 5.56 Å². The first-order valence-corrected chi connectivity index (χ1v) is 10.3. The zero-order valence-electron chi connectivity index (χ0n) is 16.3. The van der Waals surface area contributed by atoms with Gasteiger partial charge in [-0.15, -0.1) is 5.10 Å². The summed E-state index contributed by atoms with van der Waals surface area (Å²) in [6.45, 7) is 4.10. The summed E-state index contributed by atoms with van der Waals surface area (Å²) in [4.78, 5) is 12.2. The highest BCUT2D eigenvalue weighted by Gasteiger charge is 2.30. The molecule has 0 unspecified atom stereocenters. The lowest BCUT2D eigenvalue weighted by molar-refractivity contribution is -0.118. The Labute approximate surface area is 173 Å². The quantitative estimate of drug-likeness (QED) is 0.495. The minimum Gasteiger partial charge on any atom is -0.455 e. The Morgan fingerprint density at radius 1 is 1.07 bits per heavy atom. The minimum atomic E-state index is -0.192. The van der Waals surface area contributed by atoms with E-state index >= 15 is 0 Å². The van der Waals surface area contributed by atoms with Crippen LogP contribution >= 0.6 is 11.8 Å². The molecule has 1 atom stereocenters. The molecule has 4 rings (SSSR count). The molecular formula is C23H21N3O2S. The molecule has 2 aromatic carbocycles. The number of hydrogen-bond donors (Lipinski definition) is 1. The van der Waals surface area contributed by atoms with Crippen LogP contribution in [-0.2, 0) is 11.2 Å². The van der Waals surface area contributed by atoms with Crippen LogP contribution in [0.3, 0.4) is 0 Å². The van der Waals surface area contributed by atoms with Crippen molar-refractivity contribution in [2.24, 2.45) is 10.2 Å². The van der Waals surface area contributed by atoms with Crippen LogP contribution in [0.5, 0.6) is 0 Å². The smallest absolute Gasteiger partial charge is 0.239 e.